The van der Waals surface area contributed by atoms with Gasteiger partial charge in [-0.1, -0.05) is 24.1 Å². The first-order chi connectivity index (χ1) is 11.6. The summed E-state index contributed by atoms with van der Waals surface area (Å²) in [6.45, 7) is 2.15. The van der Waals surface area contributed by atoms with Gasteiger partial charge in [0.25, 0.3) is 5.91 Å². The first-order valence-electron chi connectivity index (χ1n) is 7.36. The van der Waals surface area contributed by atoms with E-state index in [0.29, 0.717) is 17.1 Å². The third kappa shape index (κ3) is 3.99. The molecule has 0 saturated carbocycles. The van der Waals surface area contributed by atoms with Gasteiger partial charge in [-0.25, -0.2) is 0 Å². The predicted octanol–water partition coefficient (Wildman–Crippen LogP) is 2.65. The van der Waals surface area contributed by atoms with Crippen LogP contribution in [0.4, 0.5) is 0 Å². The molecule has 124 valence electrons. The molecule has 0 aliphatic rings. The Balaban J connectivity index is 2.10. The summed E-state index contributed by atoms with van der Waals surface area (Å²) in [4.78, 5) is 12.2. The molecule has 0 saturated heterocycles. The van der Waals surface area contributed by atoms with Crippen molar-refractivity contribution in [2.24, 2.45) is 0 Å². The van der Waals surface area contributed by atoms with Crippen LogP contribution in [0.5, 0.6) is 17.2 Å². The molecule has 0 fully saturated rings. The van der Waals surface area contributed by atoms with Crippen molar-refractivity contribution in [2.75, 3.05) is 13.7 Å². The molecule has 0 heterocycles. The van der Waals surface area contributed by atoms with Crippen LogP contribution in [0.2, 0.25) is 0 Å². The first-order valence-corrected chi connectivity index (χ1v) is 7.36. The first kappa shape index (κ1) is 17.2. The number of benzene rings is 2. The SMILES string of the molecule is C#CCOc1cc(CNC(=O)c2cccc(C)c2O)ccc1OC. The quantitative estimate of drug-likeness (QED) is 0.801. The highest BCUT2D eigenvalue weighted by molar-refractivity contribution is 5.97. The largest absolute Gasteiger partial charge is 0.507 e. The lowest BCUT2D eigenvalue weighted by molar-refractivity contribution is 0.0948. The predicted molar refractivity (Wildman–Crippen MR) is 91.3 cm³/mol. The molecule has 0 unspecified atom stereocenters. The van der Waals surface area contributed by atoms with Crippen LogP contribution in [0.1, 0.15) is 21.5 Å². The van der Waals surface area contributed by atoms with Crippen LogP contribution in [0.3, 0.4) is 0 Å². The van der Waals surface area contributed by atoms with Crippen LogP contribution < -0.4 is 14.8 Å². The van der Waals surface area contributed by atoms with Crippen LogP contribution in [-0.4, -0.2) is 24.7 Å². The number of rotatable bonds is 6. The molecule has 2 rings (SSSR count). The zero-order chi connectivity index (χ0) is 17.5. The number of phenolic OH excluding ortho intramolecular Hbond substituents is 1. The second kappa shape index (κ2) is 7.93. The highest BCUT2D eigenvalue weighted by Gasteiger charge is 2.12. The number of hydrogen-bond acceptors (Lipinski definition) is 4. The van der Waals surface area contributed by atoms with Crippen LogP contribution in [0.25, 0.3) is 0 Å². The minimum atomic E-state index is -0.349. The van der Waals surface area contributed by atoms with Gasteiger partial charge in [0.15, 0.2) is 11.5 Å². The summed E-state index contributed by atoms with van der Waals surface area (Å²) in [5, 5.41) is 12.7. The molecule has 0 aliphatic carbocycles. The number of amides is 1. The molecule has 0 bridgehead atoms. The van der Waals surface area contributed by atoms with Gasteiger partial charge >= 0.3 is 0 Å². The minimum absolute atomic E-state index is 0.0113. The summed E-state index contributed by atoms with van der Waals surface area (Å²) >= 11 is 0. The summed E-state index contributed by atoms with van der Waals surface area (Å²) in [6.07, 6.45) is 5.20. The molecule has 2 N–H and O–H groups in total. The van der Waals surface area contributed by atoms with Crippen LogP contribution in [0.15, 0.2) is 36.4 Å². The number of hydrogen-bond donors (Lipinski definition) is 2. The number of phenols is 1. The molecule has 5 nitrogen and oxygen atoms in total. The van der Waals surface area contributed by atoms with Crippen LogP contribution >= 0.6 is 0 Å². The highest BCUT2D eigenvalue weighted by Crippen LogP contribution is 2.28. The lowest BCUT2D eigenvalue weighted by Gasteiger charge is -2.12. The lowest BCUT2D eigenvalue weighted by Crippen LogP contribution is -2.23. The summed E-state index contributed by atoms with van der Waals surface area (Å²) in [5.41, 5.74) is 1.72. The number of ether oxygens (including phenoxy) is 2. The van der Waals surface area contributed by atoms with Gasteiger partial charge in [0.05, 0.1) is 12.7 Å². The van der Waals surface area contributed by atoms with Crippen molar-refractivity contribution in [3.8, 4) is 29.6 Å². The fraction of sp³-hybridized carbons (Fsp3) is 0.211. The van der Waals surface area contributed by atoms with E-state index >= 15 is 0 Å². The van der Waals surface area contributed by atoms with E-state index in [4.69, 9.17) is 15.9 Å². The van der Waals surface area contributed by atoms with Gasteiger partial charge in [-0.2, -0.15) is 0 Å². The van der Waals surface area contributed by atoms with Gasteiger partial charge < -0.3 is 19.9 Å². The van der Waals surface area contributed by atoms with Crippen molar-refractivity contribution < 1.29 is 19.4 Å². The number of para-hydroxylation sites is 1. The third-order valence-corrected chi connectivity index (χ3v) is 3.47. The Hall–Kier alpha value is -3.13. The molecular formula is C19H19NO4. The highest BCUT2D eigenvalue weighted by atomic mass is 16.5. The lowest BCUT2D eigenvalue weighted by atomic mass is 10.1. The van der Waals surface area contributed by atoms with Crippen molar-refractivity contribution in [1.82, 2.24) is 5.32 Å². The molecular weight excluding hydrogens is 306 g/mol. The summed E-state index contributed by atoms with van der Waals surface area (Å²) in [6, 6.07) is 10.4. The Morgan fingerprint density at radius 2 is 2.08 bits per heavy atom. The van der Waals surface area contributed by atoms with E-state index in [9.17, 15) is 9.90 Å². The smallest absolute Gasteiger partial charge is 0.255 e. The van der Waals surface area contributed by atoms with Crippen LogP contribution in [0, 0.1) is 19.3 Å². The average Bonchev–Trinajstić information content (AvgIpc) is 2.60. The zero-order valence-electron chi connectivity index (χ0n) is 13.6. The van der Waals surface area contributed by atoms with Gasteiger partial charge in [0, 0.05) is 6.54 Å². The molecule has 0 aromatic heterocycles. The fourth-order valence-corrected chi connectivity index (χ4v) is 2.18. The molecule has 0 radical (unpaired) electrons. The summed E-state index contributed by atoms with van der Waals surface area (Å²) < 4.78 is 10.6. The molecule has 5 heteroatoms. The average molecular weight is 325 g/mol. The van der Waals surface area contributed by atoms with Crippen LogP contribution in [-0.2, 0) is 6.54 Å². The third-order valence-electron chi connectivity index (χ3n) is 3.47. The van der Waals surface area contributed by atoms with E-state index in [1.54, 1.807) is 44.4 Å². The molecule has 1 amide bonds. The Bertz CT molecular complexity index is 777. The fourth-order valence-electron chi connectivity index (χ4n) is 2.18. The van der Waals surface area contributed by atoms with Gasteiger partial charge in [-0.3, -0.25) is 4.79 Å². The number of carbonyl (C=O) groups excluding carboxylic acids is 1. The minimum Gasteiger partial charge on any atom is -0.507 e. The molecule has 2 aromatic carbocycles. The van der Waals surface area contributed by atoms with Crippen molar-refractivity contribution in [2.45, 2.75) is 13.5 Å². The van der Waals surface area contributed by atoms with Gasteiger partial charge in [0.2, 0.25) is 0 Å². The Morgan fingerprint density at radius 1 is 1.29 bits per heavy atom. The van der Waals surface area contributed by atoms with Crippen molar-refractivity contribution in [3.63, 3.8) is 0 Å². The Kier molecular flexibility index (Phi) is 5.69. The number of nitrogens with one attached hydrogen (secondary N) is 1. The van der Waals surface area contributed by atoms with Crippen molar-refractivity contribution in [1.29, 1.82) is 0 Å². The Morgan fingerprint density at radius 3 is 2.79 bits per heavy atom. The molecule has 0 atom stereocenters. The van der Waals surface area contributed by atoms with Gasteiger partial charge in [0.1, 0.15) is 12.4 Å². The molecule has 0 aliphatic heterocycles. The number of aromatic hydroxyl groups is 1. The maximum absolute atomic E-state index is 12.2. The van der Waals surface area contributed by atoms with Gasteiger partial charge in [-0.15, -0.1) is 6.42 Å². The van der Waals surface area contributed by atoms with Crippen molar-refractivity contribution in [3.05, 3.63) is 53.1 Å². The van der Waals surface area contributed by atoms with Crippen molar-refractivity contribution >= 4 is 5.91 Å². The summed E-state index contributed by atoms with van der Waals surface area (Å²) in [5.74, 6) is 3.12. The maximum Gasteiger partial charge on any atom is 0.255 e. The summed E-state index contributed by atoms with van der Waals surface area (Å²) in [7, 11) is 1.54. The number of carbonyl (C=O) groups is 1. The normalized spacial score (nSPS) is 9.88. The second-order valence-corrected chi connectivity index (χ2v) is 5.13. The van der Waals surface area contributed by atoms with E-state index in [-0.39, 0.29) is 30.4 Å². The maximum atomic E-state index is 12.2. The van der Waals surface area contributed by atoms with E-state index in [1.807, 2.05) is 6.07 Å². The van der Waals surface area contributed by atoms with E-state index in [2.05, 4.69) is 11.2 Å². The number of methoxy groups -OCH3 is 1. The van der Waals surface area contributed by atoms with E-state index in [0.717, 1.165) is 5.56 Å². The number of terminal acetylenes is 1. The topological polar surface area (TPSA) is 67.8 Å². The zero-order valence-corrected chi connectivity index (χ0v) is 13.6. The van der Waals surface area contributed by atoms with E-state index in [1.165, 1.54) is 0 Å². The standard InChI is InChI=1S/C19H19NO4/c1-4-10-24-17-11-14(8-9-16(17)23-3)12-20-19(22)15-7-5-6-13(2)18(15)21/h1,5-9,11,21H,10,12H2,2-3H3,(H,20,22). The van der Waals surface area contributed by atoms with E-state index < -0.39 is 0 Å². The Labute approximate surface area is 141 Å². The molecule has 24 heavy (non-hydrogen) atoms. The number of aryl methyl sites for hydroxylation is 1. The van der Waals surface area contributed by atoms with Gasteiger partial charge in [-0.05, 0) is 36.2 Å². The monoisotopic (exact) mass is 325 g/mol. The molecule has 2 aromatic rings. The molecule has 0 spiro atoms. The second-order valence-electron chi connectivity index (χ2n) is 5.13.